The Kier molecular flexibility index (Phi) is 4.62. The number of hydrogen-bond acceptors (Lipinski definition) is 5. The van der Waals surface area contributed by atoms with Gasteiger partial charge in [-0.3, -0.25) is 9.59 Å². The van der Waals surface area contributed by atoms with Gasteiger partial charge in [-0.05, 0) is 18.6 Å². The molecule has 114 valence electrons. The molecule has 0 aliphatic carbocycles. The highest BCUT2D eigenvalue weighted by molar-refractivity contribution is 7.91. The molecule has 7 heteroatoms. The summed E-state index contributed by atoms with van der Waals surface area (Å²) < 4.78 is 28.2. The number of likely N-dealkylation sites (N-methyl/N-ethyl adjacent to an activating group) is 1. The van der Waals surface area contributed by atoms with Crippen LogP contribution in [0.3, 0.4) is 0 Å². The summed E-state index contributed by atoms with van der Waals surface area (Å²) in [7, 11) is -1.46. The van der Waals surface area contributed by atoms with Crippen molar-refractivity contribution in [2.45, 2.75) is 12.5 Å². The average molecular weight is 311 g/mol. The van der Waals surface area contributed by atoms with Crippen molar-refractivity contribution in [3.05, 3.63) is 29.8 Å². The molecule has 1 fully saturated rings. The van der Waals surface area contributed by atoms with Crippen molar-refractivity contribution in [1.82, 2.24) is 4.90 Å². The van der Waals surface area contributed by atoms with Gasteiger partial charge in [-0.15, -0.1) is 0 Å². The standard InChI is InChI=1S/C14H17NO5S/c1-15(12-6-7-21(18,19)10-12)14(17)9-20-13-5-3-2-4-11(13)8-16/h2-5,8,12H,6-7,9-10H2,1H3/t12-/m0/s1. The Morgan fingerprint density at radius 3 is 2.76 bits per heavy atom. The van der Waals surface area contributed by atoms with E-state index in [0.29, 0.717) is 24.0 Å². The van der Waals surface area contributed by atoms with Crippen LogP contribution in [0.15, 0.2) is 24.3 Å². The smallest absolute Gasteiger partial charge is 0.260 e. The molecule has 0 bridgehead atoms. The van der Waals surface area contributed by atoms with Gasteiger partial charge in [0.25, 0.3) is 5.91 Å². The number of para-hydroxylation sites is 1. The van der Waals surface area contributed by atoms with Crippen molar-refractivity contribution in [2.24, 2.45) is 0 Å². The van der Waals surface area contributed by atoms with Crippen LogP contribution in [-0.4, -0.2) is 56.7 Å². The SMILES string of the molecule is CN(C(=O)COc1ccccc1C=O)[C@H]1CCS(=O)(=O)C1. The fraction of sp³-hybridized carbons (Fsp3) is 0.429. The fourth-order valence-electron chi connectivity index (χ4n) is 2.24. The van der Waals surface area contributed by atoms with Crippen LogP contribution < -0.4 is 4.74 Å². The highest BCUT2D eigenvalue weighted by Crippen LogP contribution is 2.18. The number of rotatable bonds is 5. The molecule has 1 atom stereocenters. The molecule has 1 aliphatic rings. The Morgan fingerprint density at radius 1 is 1.43 bits per heavy atom. The number of sulfone groups is 1. The minimum absolute atomic E-state index is 0.000163. The van der Waals surface area contributed by atoms with Crippen molar-refractivity contribution in [1.29, 1.82) is 0 Å². The number of amides is 1. The van der Waals surface area contributed by atoms with E-state index in [2.05, 4.69) is 0 Å². The van der Waals surface area contributed by atoms with E-state index < -0.39 is 9.84 Å². The molecule has 1 heterocycles. The second-order valence-corrected chi connectivity index (χ2v) is 7.23. The van der Waals surface area contributed by atoms with Gasteiger partial charge < -0.3 is 9.64 Å². The zero-order valence-corrected chi connectivity index (χ0v) is 12.5. The Balaban J connectivity index is 1.94. The maximum Gasteiger partial charge on any atom is 0.260 e. The molecular formula is C14H17NO5S. The van der Waals surface area contributed by atoms with Gasteiger partial charge in [0.2, 0.25) is 0 Å². The van der Waals surface area contributed by atoms with E-state index >= 15 is 0 Å². The summed E-state index contributed by atoms with van der Waals surface area (Å²) >= 11 is 0. The van der Waals surface area contributed by atoms with Crippen molar-refractivity contribution in [2.75, 3.05) is 25.2 Å². The van der Waals surface area contributed by atoms with Crippen LogP contribution in [-0.2, 0) is 14.6 Å². The molecule has 0 radical (unpaired) electrons. The number of aldehydes is 1. The molecule has 21 heavy (non-hydrogen) atoms. The molecule has 1 aliphatic heterocycles. The van der Waals surface area contributed by atoms with E-state index in [-0.39, 0.29) is 30.1 Å². The zero-order chi connectivity index (χ0) is 15.5. The third kappa shape index (κ3) is 3.81. The summed E-state index contributed by atoms with van der Waals surface area (Å²) in [5.74, 6) is 0.149. The molecule has 1 aromatic carbocycles. The monoisotopic (exact) mass is 311 g/mol. The van der Waals surface area contributed by atoms with E-state index in [4.69, 9.17) is 4.74 Å². The highest BCUT2D eigenvalue weighted by Gasteiger charge is 2.32. The van der Waals surface area contributed by atoms with Crippen LogP contribution in [0.4, 0.5) is 0 Å². The van der Waals surface area contributed by atoms with Crippen LogP contribution in [0.5, 0.6) is 5.75 Å². The third-order valence-corrected chi connectivity index (χ3v) is 5.30. The minimum Gasteiger partial charge on any atom is -0.483 e. The lowest BCUT2D eigenvalue weighted by Crippen LogP contribution is -2.40. The predicted molar refractivity (Wildman–Crippen MR) is 77.2 cm³/mol. The maximum absolute atomic E-state index is 12.0. The first kappa shape index (κ1) is 15.5. The summed E-state index contributed by atoms with van der Waals surface area (Å²) in [6.45, 7) is -0.224. The van der Waals surface area contributed by atoms with Crippen LogP contribution in [0, 0.1) is 0 Å². The number of nitrogens with zero attached hydrogens (tertiary/aromatic N) is 1. The van der Waals surface area contributed by atoms with Crippen LogP contribution in [0.1, 0.15) is 16.8 Å². The number of ether oxygens (including phenoxy) is 1. The first-order chi connectivity index (χ1) is 9.93. The zero-order valence-electron chi connectivity index (χ0n) is 11.7. The van der Waals surface area contributed by atoms with Gasteiger partial charge in [-0.1, -0.05) is 12.1 Å². The van der Waals surface area contributed by atoms with Gasteiger partial charge in [0.15, 0.2) is 22.7 Å². The molecule has 0 unspecified atom stereocenters. The normalized spacial score (nSPS) is 20.0. The summed E-state index contributed by atoms with van der Waals surface area (Å²) in [5, 5.41) is 0. The Bertz CT molecular complexity index is 641. The first-order valence-corrected chi connectivity index (χ1v) is 8.38. The van der Waals surface area contributed by atoms with Gasteiger partial charge in [0.05, 0.1) is 17.1 Å². The summed E-state index contributed by atoms with van der Waals surface area (Å²) in [6.07, 6.45) is 1.11. The molecule has 0 aromatic heterocycles. The number of benzene rings is 1. The van der Waals surface area contributed by atoms with Crippen molar-refractivity contribution in [3.63, 3.8) is 0 Å². The minimum atomic E-state index is -3.03. The van der Waals surface area contributed by atoms with Gasteiger partial charge >= 0.3 is 0 Å². The van der Waals surface area contributed by atoms with E-state index in [0.717, 1.165) is 0 Å². The van der Waals surface area contributed by atoms with Crippen molar-refractivity contribution in [3.8, 4) is 5.75 Å². The predicted octanol–water partition coefficient (Wildman–Crippen LogP) is 0.523. The second kappa shape index (κ2) is 6.26. The van der Waals surface area contributed by atoms with Gasteiger partial charge in [-0.2, -0.15) is 0 Å². The van der Waals surface area contributed by atoms with Crippen molar-refractivity contribution < 1.29 is 22.7 Å². The van der Waals surface area contributed by atoms with Crippen LogP contribution >= 0.6 is 0 Å². The Morgan fingerprint density at radius 2 is 2.14 bits per heavy atom. The molecule has 0 spiro atoms. The fourth-order valence-corrected chi connectivity index (χ4v) is 4.01. The van der Waals surface area contributed by atoms with E-state index in [9.17, 15) is 18.0 Å². The van der Waals surface area contributed by atoms with Crippen LogP contribution in [0.25, 0.3) is 0 Å². The number of hydrogen-bond donors (Lipinski definition) is 0. The first-order valence-electron chi connectivity index (χ1n) is 6.56. The summed E-state index contributed by atoms with van der Waals surface area (Å²) in [5.41, 5.74) is 0.372. The Labute approximate surface area is 123 Å². The topological polar surface area (TPSA) is 80.8 Å². The number of carbonyl (C=O) groups is 2. The van der Waals surface area contributed by atoms with Gasteiger partial charge in [-0.25, -0.2) is 8.42 Å². The molecule has 1 amide bonds. The van der Waals surface area contributed by atoms with E-state index in [1.807, 2.05) is 0 Å². The Hall–Kier alpha value is -1.89. The largest absolute Gasteiger partial charge is 0.483 e. The van der Waals surface area contributed by atoms with Gasteiger partial charge in [0, 0.05) is 13.1 Å². The lowest BCUT2D eigenvalue weighted by atomic mass is 10.2. The lowest BCUT2D eigenvalue weighted by Gasteiger charge is -2.23. The quantitative estimate of drug-likeness (QED) is 0.741. The lowest BCUT2D eigenvalue weighted by molar-refractivity contribution is -0.133. The summed E-state index contributed by atoms with van der Waals surface area (Å²) in [6, 6.07) is 6.32. The molecular weight excluding hydrogens is 294 g/mol. The van der Waals surface area contributed by atoms with Crippen molar-refractivity contribution >= 4 is 22.0 Å². The molecule has 6 nitrogen and oxygen atoms in total. The molecule has 1 saturated heterocycles. The van der Waals surface area contributed by atoms with E-state index in [1.165, 1.54) is 4.90 Å². The summed E-state index contributed by atoms with van der Waals surface area (Å²) in [4.78, 5) is 24.3. The average Bonchev–Trinajstić information content (AvgIpc) is 2.84. The molecule has 0 saturated carbocycles. The van der Waals surface area contributed by atoms with E-state index in [1.54, 1.807) is 31.3 Å². The maximum atomic E-state index is 12.0. The molecule has 1 aromatic rings. The highest BCUT2D eigenvalue weighted by atomic mass is 32.2. The number of carbonyl (C=O) groups excluding carboxylic acids is 2. The molecule has 2 rings (SSSR count). The van der Waals surface area contributed by atoms with Gasteiger partial charge in [0.1, 0.15) is 5.75 Å². The second-order valence-electron chi connectivity index (χ2n) is 5.01. The third-order valence-electron chi connectivity index (χ3n) is 3.55. The molecule has 0 N–H and O–H groups in total. The van der Waals surface area contributed by atoms with Crippen LogP contribution in [0.2, 0.25) is 0 Å².